The Bertz CT molecular complexity index is 1620. The van der Waals surface area contributed by atoms with Crippen LogP contribution in [0.3, 0.4) is 0 Å². The first kappa shape index (κ1) is 35.9. The van der Waals surface area contributed by atoms with Gasteiger partial charge in [0.15, 0.2) is 11.6 Å². The lowest BCUT2D eigenvalue weighted by molar-refractivity contribution is -0.233. The van der Waals surface area contributed by atoms with E-state index >= 15 is 0 Å². The third-order valence-electron chi connectivity index (χ3n) is 16.1. The minimum Gasteiger partial charge on any atom is -0.465 e. The van der Waals surface area contributed by atoms with Crippen LogP contribution >= 0.6 is 11.6 Å². The van der Waals surface area contributed by atoms with E-state index in [4.69, 9.17) is 16.3 Å². The second-order valence-corrected chi connectivity index (χ2v) is 19.3. The zero-order valence-electron chi connectivity index (χ0n) is 31.5. The monoisotopic (exact) mass is 707 g/mol. The summed E-state index contributed by atoms with van der Waals surface area (Å²) in [6.45, 7) is 18.6. The number of carbonyl (C=O) groups is 3. The van der Waals surface area contributed by atoms with Crippen molar-refractivity contribution in [1.82, 2.24) is 14.9 Å². The molecule has 0 aromatic carbocycles. The number of ketones is 1. The maximum atomic E-state index is 14.1. The Kier molecular flexibility index (Phi) is 8.45. The molecule has 0 saturated heterocycles. The molecule has 0 spiro atoms. The van der Waals surface area contributed by atoms with Crippen molar-refractivity contribution in [2.45, 2.75) is 144 Å². The zero-order chi connectivity index (χ0) is 36.2. The molecule has 0 unspecified atom stereocenters. The van der Waals surface area contributed by atoms with Crippen LogP contribution in [0.2, 0.25) is 5.02 Å². The van der Waals surface area contributed by atoms with Gasteiger partial charge >= 0.3 is 12.1 Å². The molecule has 5 fully saturated rings. The average molecular weight is 708 g/mol. The molecule has 5 saturated carbocycles. The quantitative estimate of drug-likeness (QED) is 0.281. The third kappa shape index (κ3) is 4.99. The second-order valence-electron chi connectivity index (χ2n) is 18.9. The SMILES string of the molecule is CC(=O)O[C@H]1CC[C@]2(C)[C@H]3CC[C@@H]4C5=C(C(C)C)C(=O)C[C@]5(CCN(C(=O)O)C5(c6ncc(Cl)cn6)CC5)CC[C@@]4(C)[C@]3(C)CC[C@H]2C1(C)C. The van der Waals surface area contributed by atoms with Crippen molar-refractivity contribution < 1.29 is 24.2 Å². The summed E-state index contributed by atoms with van der Waals surface area (Å²) in [4.78, 5) is 49.6. The highest BCUT2D eigenvalue weighted by Crippen LogP contribution is 2.77. The van der Waals surface area contributed by atoms with Gasteiger partial charge in [-0.2, -0.15) is 0 Å². The Morgan fingerprint density at radius 1 is 0.940 bits per heavy atom. The maximum Gasteiger partial charge on any atom is 0.408 e. The average Bonchev–Trinajstić information content (AvgIpc) is 3.76. The van der Waals surface area contributed by atoms with Crippen molar-refractivity contribution in [2.24, 2.45) is 50.7 Å². The lowest BCUT2D eigenvalue weighted by Gasteiger charge is -2.72. The van der Waals surface area contributed by atoms with E-state index in [-0.39, 0.29) is 50.8 Å². The van der Waals surface area contributed by atoms with Crippen molar-refractivity contribution in [3.63, 3.8) is 0 Å². The number of ether oxygens (including phenoxy) is 1. The number of esters is 1. The van der Waals surface area contributed by atoms with E-state index in [0.29, 0.717) is 60.8 Å². The molecule has 1 amide bonds. The summed E-state index contributed by atoms with van der Waals surface area (Å²) in [6.07, 6.45) is 13.0. The lowest BCUT2D eigenvalue weighted by Crippen LogP contribution is -2.65. The molecule has 6 aliphatic carbocycles. The van der Waals surface area contributed by atoms with E-state index in [2.05, 4.69) is 58.4 Å². The number of hydrogen-bond donors (Lipinski definition) is 1. The highest BCUT2D eigenvalue weighted by Gasteiger charge is 2.70. The van der Waals surface area contributed by atoms with Crippen LogP contribution in [0.4, 0.5) is 4.79 Å². The predicted octanol–water partition coefficient (Wildman–Crippen LogP) is 9.40. The fourth-order valence-electron chi connectivity index (χ4n) is 13.5. The number of amides is 1. The number of Topliss-reactive ketones (excluding diaryl/α,β-unsaturated/α-hetero) is 1. The first-order valence-electron chi connectivity index (χ1n) is 19.3. The predicted molar refractivity (Wildman–Crippen MR) is 192 cm³/mol. The fourth-order valence-corrected chi connectivity index (χ4v) is 13.6. The molecule has 0 radical (unpaired) electrons. The van der Waals surface area contributed by atoms with Crippen LogP contribution in [0.1, 0.15) is 138 Å². The van der Waals surface area contributed by atoms with Gasteiger partial charge in [-0.25, -0.2) is 14.8 Å². The summed E-state index contributed by atoms with van der Waals surface area (Å²) < 4.78 is 5.95. The molecule has 1 aromatic heterocycles. The maximum absolute atomic E-state index is 14.1. The smallest absolute Gasteiger partial charge is 0.408 e. The summed E-state index contributed by atoms with van der Waals surface area (Å²) in [5, 5.41) is 11.0. The molecule has 9 heteroatoms. The number of carboxylic acid groups (broad SMARTS) is 1. The van der Waals surface area contributed by atoms with Gasteiger partial charge in [-0.3, -0.25) is 14.5 Å². The molecular formula is C41H58ClN3O5. The van der Waals surface area contributed by atoms with E-state index < -0.39 is 11.6 Å². The Labute approximate surface area is 303 Å². The molecule has 0 bridgehead atoms. The van der Waals surface area contributed by atoms with Crippen molar-refractivity contribution in [2.75, 3.05) is 6.54 Å². The number of hydrogen-bond acceptors (Lipinski definition) is 6. The highest BCUT2D eigenvalue weighted by atomic mass is 35.5. The van der Waals surface area contributed by atoms with Crippen LogP contribution in [-0.2, 0) is 19.9 Å². The Balaban J connectivity index is 1.21. The van der Waals surface area contributed by atoms with E-state index in [0.717, 1.165) is 56.9 Å². The number of aromatic nitrogens is 2. The zero-order valence-corrected chi connectivity index (χ0v) is 32.3. The van der Waals surface area contributed by atoms with Gasteiger partial charge in [-0.05, 0) is 116 Å². The second kappa shape index (κ2) is 11.8. The summed E-state index contributed by atoms with van der Waals surface area (Å²) >= 11 is 6.09. The summed E-state index contributed by atoms with van der Waals surface area (Å²) in [5.41, 5.74) is 1.58. The van der Waals surface area contributed by atoms with Gasteiger partial charge in [0.1, 0.15) is 11.6 Å². The topological polar surface area (TPSA) is 110 Å². The molecule has 1 heterocycles. The fraction of sp³-hybridized carbons (Fsp3) is 0.780. The third-order valence-corrected chi connectivity index (χ3v) is 16.3. The molecule has 1 aromatic rings. The van der Waals surface area contributed by atoms with Crippen LogP contribution in [0.15, 0.2) is 23.5 Å². The van der Waals surface area contributed by atoms with E-state index in [1.807, 2.05) is 0 Å². The molecule has 1 N–H and O–H groups in total. The number of halogens is 1. The van der Waals surface area contributed by atoms with Crippen LogP contribution in [-0.4, -0.2) is 50.5 Å². The van der Waals surface area contributed by atoms with Gasteiger partial charge < -0.3 is 9.84 Å². The number of allylic oxidation sites excluding steroid dienone is 2. The molecule has 6 aliphatic rings. The summed E-state index contributed by atoms with van der Waals surface area (Å²) in [5.74, 6) is 2.08. The Hall–Kier alpha value is -2.48. The van der Waals surface area contributed by atoms with Crippen LogP contribution in [0.5, 0.6) is 0 Å². The minimum atomic E-state index is -0.957. The van der Waals surface area contributed by atoms with Crippen molar-refractivity contribution in [1.29, 1.82) is 0 Å². The van der Waals surface area contributed by atoms with E-state index in [1.165, 1.54) is 12.5 Å². The first-order chi connectivity index (χ1) is 23.4. The van der Waals surface area contributed by atoms with E-state index in [1.54, 1.807) is 17.3 Å². The normalized spacial score (nSPS) is 39.6. The van der Waals surface area contributed by atoms with Gasteiger partial charge in [0.2, 0.25) is 0 Å². The lowest BCUT2D eigenvalue weighted by atomic mass is 9.33. The summed E-state index contributed by atoms with van der Waals surface area (Å²) in [6, 6.07) is 0. The largest absolute Gasteiger partial charge is 0.465 e. The van der Waals surface area contributed by atoms with Gasteiger partial charge in [-0.15, -0.1) is 0 Å². The van der Waals surface area contributed by atoms with Crippen LogP contribution < -0.4 is 0 Å². The molecule has 274 valence electrons. The van der Waals surface area contributed by atoms with Gasteiger partial charge in [0, 0.05) is 43.1 Å². The standard InChI is InChI=1S/C41H58ClN3O5/c1-24(2)32-28(47)21-40(19-20-45(35(48)49)41(17-18-41)34-43-22-26(42)23-44-34)16-15-38(7)27(33(32)40)9-10-30-37(6)13-12-31(50-25(3)46)36(4,5)29(37)11-14-39(30,38)8/h22-24,27,29-31H,9-21H2,1-8H3,(H,48,49)/t27-,29+,30-,31+,37+,38-,39-,40-/m1/s1. The van der Waals surface area contributed by atoms with Crippen molar-refractivity contribution >= 4 is 29.4 Å². The summed E-state index contributed by atoms with van der Waals surface area (Å²) in [7, 11) is 0. The number of fused-ring (bicyclic) bond motifs is 7. The van der Waals surface area contributed by atoms with Gasteiger partial charge in [0.25, 0.3) is 0 Å². The molecular weight excluding hydrogens is 650 g/mol. The molecule has 8 atom stereocenters. The molecule has 8 nitrogen and oxygen atoms in total. The van der Waals surface area contributed by atoms with Crippen molar-refractivity contribution in [3.8, 4) is 0 Å². The van der Waals surface area contributed by atoms with Crippen LogP contribution in [0, 0.1) is 50.7 Å². The highest BCUT2D eigenvalue weighted by molar-refractivity contribution is 6.30. The van der Waals surface area contributed by atoms with Gasteiger partial charge in [-0.1, -0.05) is 65.6 Å². The minimum absolute atomic E-state index is 0.0334. The molecule has 0 aliphatic heterocycles. The van der Waals surface area contributed by atoms with Gasteiger partial charge in [0.05, 0.1) is 5.02 Å². The molecule has 7 rings (SSSR count). The number of nitrogens with zero attached hydrogens (tertiary/aromatic N) is 3. The van der Waals surface area contributed by atoms with Crippen molar-refractivity contribution in [3.05, 3.63) is 34.4 Å². The Morgan fingerprint density at radius 3 is 2.22 bits per heavy atom. The Morgan fingerprint density at radius 2 is 1.62 bits per heavy atom. The number of carbonyl (C=O) groups excluding carboxylic acids is 2. The van der Waals surface area contributed by atoms with E-state index in [9.17, 15) is 19.5 Å². The molecule has 50 heavy (non-hydrogen) atoms. The van der Waals surface area contributed by atoms with Crippen LogP contribution in [0.25, 0.3) is 0 Å². The number of rotatable bonds is 7. The first-order valence-corrected chi connectivity index (χ1v) is 19.7.